The average Bonchev–Trinajstić information content (AvgIpc) is 2.17. The number of hydrogen-bond acceptors (Lipinski definition) is 2. The van der Waals surface area contributed by atoms with E-state index in [1.54, 1.807) is 0 Å². The molecule has 0 heterocycles. The highest BCUT2D eigenvalue weighted by molar-refractivity contribution is 6.83. The molecule has 0 saturated heterocycles. The molecule has 84 valence electrons. The standard InChI is InChI=1S/C11H26N2Si/c1-5-11(14(3,4)6-2)7-9-13-10-8-12/h6,11,13H,2,5,7-10,12H2,1,3-4H3. The van der Waals surface area contributed by atoms with Crippen LogP contribution in [0.5, 0.6) is 0 Å². The summed E-state index contributed by atoms with van der Waals surface area (Å²) in [5.74, 6) is 0. The van der Waals surface area contributed by atoms with Crippen LogP contribution in [0.1, 0.15) is 19.8 Å². The Hall–Kier alpha value is -0.123. The SMILES string of the molecule is C=C[Si](C)(C)C(CC)CCNCCN. The van der Waals surface area contributed by atoms with Gasteiger partial charge in [-0.15, -0.1) is 12.3 Å². The predicted octanol–water partition coefficient (Wildman–Crippen LogP) is 2.14. The van der Waals surface area contributed by atoms with Crippen molar-refractivity contribution >= 4 is 8.07 Å². The lowest BCUT2D eigenvalue weighted by atomic mass is 10.2. The van der Waals surface area contributed by atoms with Crippen LogP contribution in [0, 0.1) is 0 Å². The van der Waals surface area contributed by atoms with Crippen LogP contribution in [0.15, 0.2) is 12.3 Å². The molecule has 0 amide bonds. The normalized spacial score (nSPS) is 14.0. The van der Waals surface area contributed by atoms with Crippen LogP contribution in [0.3, 0.4) is 0 Å². The Morgan fingerprint density at radius 1 is 1.43 bits per heavy atom. The number of rotatable bonds is 8. The molecular weight excluding hydrogens is 188 g/mol. The van der Waals surface area contributed by atoms with E-state index in [9.17, 15) is 0 Å². The quantitative estimate of drug-likeness (QED) is 0.480. The van der Waals surface area contributed by atoms with E-state index in [0.29, 0.717) is 0 Å². The highest BCUT2D eigenvalue weighted by Gasteiger charge is 2.26. The van der Waals surface area contributed by atoms with Crippen molar-refractivity contribution in [1.82, 2.24) is 5.32 Å². The third-order valence-electron chi connectivity index (χ3n) is 3.06. The van der Waals surface area contributed by atoms with Gasteiger partial charge in [-0.05, 0) is 18.5 Å². The topological polar surface area (TPSA) is 38.0 Å². The maximum atomic E-state index is 5.42. The van der Waals surface area contributed by atoms with Crippen molar-refractivity contribution in [2.45, 2.75) is 38.4 Å². The summed E-state index contributed by atoms with van der Waals surface area (Å²) >= 11 is 0. The average molecular weight is 214 g/mol. The van der Waals surface area contributed by atoms with Gasteiger partial charge in [0.25, 0.3) is 0 Å². The molecule has 0 aromatic rings. The lowest BCUT2D eigenvalue weighted by Crippen LogP contribution is -2.33. The maximum Gasteiger partial charge on any atom is 0.0740 e. The first-order valence-corrected chi connectivity index (χ1v) is 8.78. The molecule has 1 atom stereocenters. The molecule has 0 bridgehead atoms. The lowest BCUT2D eigenvalue weighted by molar-refractivity contribution is 0.610. The van der Waals surface area contributed by atoms with Crippen LogP contribution in [-0.2, 0) is 0 Å². The third kappa shape index (κ3) is 4.93. The van der Waals surface area contributed by atoms with E-state index >= 15 is 0 Å². The molecule has 0 aliphatic rings. The van der Waals surface area contributed by atoms with Gasteiger partial charge in [0.2, 0.25) is 0 Å². The molecule has 0 fully saturated rings. The van der Waals surface area contributed by atoms with Crippen LogP contribution >= 0.6 is 0 Å². The van der Waals surface area contributed by atoms with Crippen molar-refractivity contribution < 1.29 is 0 Å². The highest BCUT2D eigenvalue weighted by Crippen LogP contribution is 2.28. The predicted molar refractivity (Wildman–Crippen MR) is 68.3 cm³/mol. The lowest BCUT2D eigenvalue weighted by Gasteiger charge is -2.28. The van der Waals surface area contributed by atoms with Gasteiger partial charge in [-0.2, -0.15) is 0 Å². The first-order valence-electron chi connectivity index (χ1n) is 5.62. The van der Waals surface area contributed by atoms with E-state index in [1.807, 2.05) is 0 Å². The molecule has 14 heavy (non-hydrogen) atoms. The summed E-state index contributed by atoms with van der Waals surface area (Å²) in [4.78, 5) is 0. The van der Waals surface area contributed by atoms with E-state index in [1.165, 1.54) is 12.8 Å². The fourth-order valence-corrected chi connectivity index (χ4v) is 4.05. The zero-order valence-corrected chi connectivity index (χ0v) is 11.0. The Bertz CT molecular complexity index is 157. The molecule has 0 aliphatic heterocycles. The third-order valence-corrected chi connectivity index (χ3v) is 6.92. The Kier molecular flexibility index (Phi) is 7.14. The van der Waals surface area contributed by atoms with E-state index in [-0.39, 0.29) is 0 Å². The summed E-state index contributed by atoms with van der Waals surface area (Å²) in [5, 5.41) is 3.36. The highest BCUT2D eigenvalue weighted by atomic mass is 28.3. The Labute approximate surface area is 90.0 Å². The minimum absolute atomic E-state index is 0.735. The van der Waals surface area contributed by atoms with E-state index in [2.05, 4.69) is 37.6 Å². The second-order valence-electron chi connectivity index (χ2n) is 4.46. The zero-order chi connectivity index (χ0) is 11.0. The van der Waals surface area contributed by atoms with E-state index < -0.39 is 8.07 Å². The molecule has 0 radical (unpaired) electrons. The molecule has 2 nitrogen and oxygen atoms in total. The molecular formula is C11H26N2Si. The fraction of sp³-hybridized carbons (Fsp3) is 0.818. The molecule has 0 aromatic heterocycles. The van der Waals surface area contributed by atoms with Crippen LogP contribution in [0.25, 0.3) is 0 Å². The van der Waals surface area contributed by atoms with Gasteiger partial charge >= 0.3 is 0 Å². The van der Waals surface area contributed by atoms with Gasteiger partial charge in [0.15, 0.2) is 0 Å². The number of nitrogens with one attached hydrogen (secondary N) is 1. The van der Waals surface area contributed by atoms with Gasteiger partial charge in [-0.25, -0.2) is 0 Å². The smallest absolute Gasteiger partial charge is 0.0740 e. The molecule has 0 aliphatic carbocycles. The first-order chi connectivity index (χ1) is 6.58. The van der Waals surface area contributed by atoms with Crippen molar-refractivity contribution in [2.24, 2.45) is 5.73 Å². The summed E-state index contributed by atoms with van der Waals surface area (Å²) in [6.45, 7) is 13.8. The largest absolute Gasteiger partial charge is 0.329 e. The summed E-state index contributed by atoms with van der Waals surface area (Å²) in [7, 11) is -1.17. The minimum Gasteiger partial charge on any atom is -0.329 e. The molecule has 1 unspecified atom stereocenters. The van der Waals surface area contributed by atoms with Crippen LogP contribution in [0.2, 0.25) is 18.6 Å². The van der Waals surface area contributed by atoms with Crippen molar-refractivity contribution in [2.75, 3.05) is 19.6 Å². The first kappa shape index (κ1) is 13.9. The van der Waals surface area contributed by atoms with Crippen LogP contribution < -0.4 is 11.1 Å². The maximum absolute atomic E-state index is 5.42. The zero-order valence-electron chi connectivity index (χ0n) is 9.97. The van der Waals surface area contributed by atoms with Crippen LogP contribution in [0.4, 0.5) is 0 Å². The fourth-order valence-electron chi connectivity index (χ4n) is 1.77. The van der Waals surface area contributed by atoms with Gasteiger partial charge in [-0.1, -0.05) is 26.4 Å². The minimum atomic E-state index is -1.17. The summed E-state index contributed by atoms with van der Waals surface area (Å²) in [6.07, 6.45) is 2.54. The van der Waals surface area contributed by atoms with Crippen LogP contribution in [-0.4, -0.2) is 27.7 Å². The van der Waals surface area contributed by atoms with E-state index in [0.717, 1.165) is 25.2 Å². The molecule has 0 rings (SSSR count). The van der Waals surface area contributed by atoms with Crippen molar-refractivity contribution in [3.63, 3.8) is 0 Å². The van der Waals surface area contributed by atoms with Gasteiger partial charge in [0, 0.05) is 13.1 Å². The van der Waals surface area contributed by atoms with Gasteiger partial charge in [-0.3, -0.25) is 0 Å². The number of nitrogens with two attached hydrogens (primary N) is 1. The molecule has 0 spiro atoms. The molecule has 3 heteroatoms. The van der Waals surface area contributed by atoms with Crippen molar-refractivity contribution in [3.8, 4) is 0 Å². The monoisotopic (exact) mass is 214 g/mol. The second-order valence-corrected chi connectivity index (χ2v) is 9.33. The molecule has 3 N–H and O–H groups in total. The number of hydrogen-bond donors (Lipinski definition) is 2. The van der Waals surface area contributed by atoms with Gasteiger partial charge in [0.1, 0.15) is 0 Å². The Morgan fingerprint density at radius 2 is 2.07 bits per heavy atom. The van der Waals surface area contributed by atoms with Gasteiger partial charge < -0.3 is 11.1 Å². The van der Waals surface area contributed by atoms with Gasteiger partial charge in [0.05, 0.1) is 8.07 Å². The summed E-state index contributed by atoms with van der Waals surface area (Å²) in [5.41, 5.74) is 8.48. The Balaban J connectivity index is 3.85. The second kappa shape index (κ2) is 7.21. The summed E-state index contributed by atoms with van der Waals surface area (Å²) < 4.78 is 0. The van der Waals surface area contributed by atoms with Crippen molar-refractivity contribution in [3.05, 3.63) is 12.3 Å². The van der Waals surface area contributed by atoms with Crippen molar-refractivity contribution in [1.29, 1.82) is 0 Å². The Morgan fingerprint density at radius 3 is 2.50 bits per heavy atom. The summed E-state index contributed by atoms with van der Waals surface area (Å²) in [6, 6.07) is 0. The molecule has 0 saturated carbocycles. The van der Waals surface area contributed by atoms with E-state index in [4.69, 9.17) is 5.73 Å². The molecule has 0 aromatic carbocycles.